The SMILES string of the molecule is O=S1CN=NC12c1ccccc1-c1ccccc12. The minimum atomic E-state index is -1.11. The van der Waals surface area contributed by atoms with Crippen molar-refractivity contribution in [2.24, 2.45) is 10.2 Å². The first-order valence-corrected chi connectivity index (χ1v) is 7.12. The van der Waals surface area contributed by atoms with Gasteiger partial charge in [-0.25, -0.2) is 0 Å². The molecule has 0 radical (unpaired) electrons. The Hall–Kier alpha value is -1.81. The number of rotatable bonds is 0. The van der Waals surface area contributed by atoms with Gasteiger partial charge in [0.25, 0.3) is 0 Å². The quantitative estimate of drug-likeness (QED) is 0.712. The first-order valence-electron chi connectivity index (χ1n) is 5.80. The Morgan fingerprint density at radius 1 is 0.944 bits per heavy atom. The Kier molecular flexibility index (Phi) is 1.89. The van der Waals surface area contributed by atoms with Crippen LogP contribution in [0.4, 0.5) is 0 Å². The molecule has 1 aliphatic carbocycles. The zero-order valence-electron chi connectivity index (χ0n) is 9.54. The van der Waals surface area contributed by atoms with E-state index in [1.165, 1.54) is 0 Å². The van der Waals surface area contributed by atoms with Gasteiger partial charge in [-0.3, -0.25) is 4.21 Å². The van der Waals surface area contributed by atoms with Gasteiger partial charge >= 0.3 is 0 Å². The van der Waals surface area contributed by atoms with E-state index in [1.54, 1.807) is 0 Å². The second kappa shape index (κ2) is 3.36. The van der Waals surface area contributed by atoms with E-state index in [0.29, 0.717) is 5.88 Å². The average Bonchev–Trinajstić information content (AvgIpc) is 2.94. The van der Waals surface area contributed by atoms with Gasteiger partial charge in [-0.1, -0.05) is 48.5 Å². The lowest BCUT2D eigenvalue weighted by Crippen LogP contribution is -2.25. The van der Waals surface area contributed by atoms with Gasteiger partial charge in [0.1, 0.15) is 5.88 Å². The fraction of sp³-hybridized carbons (Fsp3) is 0.143. The molecule has 1 unspecified atom stereocenters. The third-order valence-corrected chi connectivity index (χ3v) is 5.12. The van der Waals surface area contributed by atoms with Gasteiger partial charge in [0.05, 0.1) is 10.8 Å². The molecule has 88 valence electrons. The summed E-state index contributed by atoms with van der Waals surface area (Å²) < 4.78 is 12.4. The topological polar surface area (TPSA) is 41.8 Å². The fourth-order valence-corrected chi connectivity index (χ4v) is 4.19. The molecule has 3 nitrogen and oxygen atoms in total. The lowest BCUT2D eigenvalue weighted by molar-refractivity contribution is 0.658. The van der Waals surface area contributed by atoms with Crippen molar-refractivity contribution in [2.45, 2.75) is 4.87 Å². The summed E-state index contributed by atoms with van der Waals surface area (Å²) in [6, 6.07) is 16.1. The van der Waals surface area contributed by atoms with Crippen molar-refractivity contribution in [1.82, 2.24) is 0 Å². The van der Waals surface area contributed by atoms with Gasteiger partial charge in [0, 0.05) is 11.1 Å². The summed E-state index contributed by atoms with van der Waals surface area (Å²) in [6.07, 6.45) is 0. The summed E-state index contributed by atoms with van der Waals surface area (Å²) in [5.41, 5.74) is 4.29. The van der Waals surface area contributed by atoms with Gasteiger partial charge in [0.15, 0.2) is 0 Å². The van der Waals surface area contributed by atoms with Crippen molar-refractivity contribution < 1.29 is 4.21 Å². The zero-order chi connectivity index (χ0) is 12.2. The summed E-state index contributed by atoms with van der Waals surface area (Å²) in [4.78, 5) is -0.757. The van der Waals surface area contributed by atoms with Crippen LogP contribution in [0.15, 0.2) is 58.8 Å². The first kappa shape index (κ1) is 10.1. The van der Waals surface area contributed by atoms with Crippen LogP contribution >= 0.6 is 0 Å². The molecular formula is C14H10N2OS. The number of hydrogen-bond acceptors (Lipinski definition) is 3. The molecular weight excluding hydrogens is 244 g/mol. The van der Waals surface area contributed by atoms with Gasteiger partial charge in [0.2, 0.25) is 4.87 Å². The average molecular weight is 254 g/mol. The predicted octanol–water partition coefficient (Wildman–Crippen LogP) is 3.04. The number of hydrogen-bond donors (Lipinski definition) is 0. The second-order valence-corrected chi connectivity index (χ2v) is 5.99. The zero-order valence-corrected chi connectivity index (χ0v) is 10.4. The molecule has 2 aromatic rings. The Bertz CT molecular complexity index is 663. The largest absolute Gasteiger partial charge is 0.254 e. The predicted molar refractivity (Wildman–Crippen MR) is 70.5 cm³/mol. The molecule has 0 amide bonds. The molecule has 0 fully saturated rings. The molecule has 2 aliphatic rings. The van der Waals surface area contributed by atoms with Gasteiger partial charge < -0.3 is 0 Å². The molecule has 0 saturated carbocycles. The maximum atomic E-state index is 12.4. The van der Waals surface area contributed by atoms with E-state index in [9.17, 15) is 4.21 Å². The molecule has 1 atom stereocenters. The molecule has 0 N–H and O–H groups in total. The van der Waals surface area contributed by atoms with Crippen LogP contribution in [-0.2, 0) is 15.7 Å². The molecule has 18 heavy (non-hydrogen) atoms. The Morgan fingerprint density at radius 2 is 1.50 bits per heavy atom. The minimum absolute atomic E-state index is 0.294. The van der Waals surface area contributed by atoms with Crippen molar-refractivity contribution in [3.8, 4) is 11.1 Å². The van der Waals surface area contributed by atoms with Crippen LogP contribution < -0.4 is 0 Å². The number of azo groups is 1. The maximum Gasteiger partial charge on any atom is 0.208 e. The molecule has 0 aromatic heterocycles. The van der Waals surface area contributed by atoms with Crippen molar-refractivity contribution in [3.63, 3.8) is 0 Å². The smallest absolute Gasteiger partial charge is 0.208 e. The normalized spacial score (nSPS) is 22.1. The van der Waals surface area contributed by atoms with E-state index in [4.69, 9.17) is 0 Å². The van der Waals surface area contributed by atoms with Crippen LogP contribution in [0, 0.1) is 0 Å². The van der Waals surface area contributed by atoms with Gasteiger partial charge in [-0.15, -0.1) is 0 Å². The highest BCUT2D eigenvalue weighted by molar-refractivity contribution is 7.86. The molecule has 4 rings (SSSR count). The third kappa shape index (κ3) is 1.02. The lowest BCUT2D eigenvalue weighted by atomic mass is 10.1. The van der Waals surface area contributed by atoms with Crippen molar-refractivity contribution >= 4 is 10.8 Å². The Morgan fingerprint density at radius 3 is 2.00 bits per heavy atom. The molecule has 0 saturated heterocycles. The maximum absolute atomic E-state index is 12.4. The number of benzene rings is 2. The van der Waals surface area contributed by atoms with Crippen LogP contribution in [0.1, 0.15) is 11.1 Å². The summed E-state index contributed by atoms with van der Waals surface area (Å²) >= 11 is 0. The van der Waals surface area contributed by atoms with E-state index < -0.39 is 15.7 Å². The molecule has 4 heteroatoms. The van der Waals surface area contributed by atoms with Crippen LogP contribution in [-0.4, -0.2) is 10.1 Å². The van der Waals surface area contributed by atoms with Crippen LogP contribution in [0.3, 0.4) is 0 Å². The van der Waals surface area contributed by atoms with E-state index in [-0.39, 0.29) is 0 Å². The van der Waals surface area contributed by atoms with Crippen molar-refractivity contribution in [3.05, 3.63) is 59.7 Å². The summed E-state index contributed by atoms with van der Waals surface area (Å²) in [5.74, 6) is 0.294. The third-order valence-electron chi connectivity index (χ3n) is 3.59. The Labute approximate surface area is 107 Å². The summed E-state index contributed by atoms with van der Waals surface area (Å²) in [7, 11) is -1.11. The molecule has 0 bridgehead atoms. The van der Waals surface area contributed by atoms with E-state index in [0.717, 1.165) is 22.3 Å². The highest BCUT2D eigenvalue weighted by atomic mass is 32.2. The first-order chi connectivity index (χ1) is 8.84. The number of fused-ring (bicyclic) bond motifs is 5. The minimum Gasteiger partial charge on any atom is -0.254 e. The summed E-state index contributed by atoms with van der Waals surface area (Å²) in [5, 5.41) is 8.38. The van der Waals surface area contributed by atoms with E-state index in [2.05, 4.69) is 22.4 Å². The standard InChI is InChI=1S/C14H10N2OS/c17-18-9-15-16-14(18)12-7-3-1-5-10(12)11-6-2-4-8-13(11)14/h1-8H,9H2. The Balaban J connectivity index is 2.17. The van der Waals surface area contributed by atoms with Gasteiger partial charge in [-0.05, 0) is 11.1 Å². The van der Waals surface area contributed by atoms with Crippen molar-refractivity contribution in [2.75, 3.05) is 5.88 Å². The monoisotopic (exact) mass is 254 g/mol. The van der Waals surface area contributed by atoms with E-state index in [1.807, 2.05) is 36.4 Å². The van der Waals surface area contributed by atoms with Gasteiger partial charge in [-0.2, -0.15) is 10.2 Å². The molecule has 1 spiro atoms. The van der Waals surface area contributed by atoms with Crippen LogP contribution in [0.2, 0.25) is 0 Å². The molecule has 2 aromatic carbocycles. The second-order valence-electron chi connectivity index (χ2n) is 4.45. The highest BCUT2D eigenvalue weighted by Gasteiger charge is 2.50. The van der Waals surface area contributed by atoms with E-state index >= 15 is 0 Å². The number of nitrogens with zero attached hydrogens (tertiary/aromatic N) is 2. The van der Waals surface area contributed by atoms with Crippen LogP contribution in [0.25, 0.3) is 11.1 Å². The van der Waals surface area contributed by atoms with Crippen LogP contribution in [0.5, 0.6) is 0 Å². The summed E-state index contributed by atoms with van der Waals surface area (Å²) in [6.45, 7) is 0. The highest BCUT2D eigenvalue weighted by Crippen LogP contribution is 2.53. The molecule has 1 aliphatic heterocycles. The lowest BCUT2D eigenvalue weighted by Gasteiger charge is -2.19. The fourth-order valence-electron chi connectivity index (χ4n) is 2.84. The molecule has 1 heterocycles. The van der Waals surface area contributed by atoms with Crippen molar-refractivity contribution in [1.29, 1.82) is 0 Å².